The van der Waals surface area contributed by atoms with Gasteiger partial charge in [-0.1, -0.05) is 24.3 Å². The highest BCUT2D eigenvalue weighted by Crippen LogP contribution is 2.22. The fourth-order valence-corrected chi connectivity index (χ4v) is 4.98. The second-order valence-corrected chi connectivity index (χ2v) is 10.1. The number of morpholine rings is 1. The molecule has 0 aliphatic carbocycles. The van der Waals surface area contributed by atoms with E-state index in [-0.39, 0.29) is 11.6 Å². The molecular formula is C31H34FN5O3. The molecule has 40 heavy (non-hydrogen) atoms. The highest BCUT2D eigenvalue weighted by molar-refractivity contribution is 5.97. The minimum atomic E-state index is -0.564. The molecule has 4 aromatic rings. The van der Waals surface area contributed by atoms with E-state index >= 15 is 0 Å². The molecule has 1 saturated heterocycles. The lowest BCUT2D eigenvalue weighted by Gasteiger charge is -2.29. The lowest BCUT2D eigenvalue weighted by atomic mass is 10.1. The van der Waals surface area contributed by atoms with Crippen LogP contribution in [0.5, 0.6) is 0 Å². The number of nitrogens with zero attached hydrogens (tertiary/aromatic N) is 5. The lowest BCUT2D eigenvalue weighted by Crippen LogP contribution is -2.36. The van der Waals surface area contributed by atoms with Crippen LogP contribution in [0.25, 0.3) is 11.5 Å². The Morgan fingerprint density at radius 3 is 2.45 bits per heavy atom. The predicted molar refractivity (Wildman–Crippen MR) is 152 cm³/mol. The standard InChI is InChI=1S/C31H34FN5O3/c1-35(20-24-4-8-27(9-5-24)36-14-16-40-17-15-36)21-28-19-34-31(29-18-25(10-12-33-29)30(39)22-38)37(28)13-11-23-2-6-26(32)7-3-23/h2-10,12,18-19,38H,11,13-17,20-22H2,1H3. The fraction of sp³-hybridized carbons (Fsp3) is 0.323. The van der Waals surface area contributed by atoms with Crippen molar-refractivity contribution in [2.75, 3.05) is 44.9 Å². The molecule has 1 fully saturated rings. The molecule has 0 unspecified atom stereocenters. The van der Waals surface area contributed by atoms with Gasteiger partial charge in [0.2, 0.25) is 0 Å². The van der Waals surface area contributed by atoms with E-state index in [0.717, 1.165) is 44.1 Å². The summed E-state index contributed by atoms with van der Waals surface area (Å²) in [5, 5.41) is 9.31. The third kappa shape index (κ3) is 6.80. The van der Waals surface area contributed by atoms with Crippen LogP contribution in [0.2, 0.25) is 0 Å². The summed E-state index contributed by atoms with van der Waals surface area (Å²) in [6, 6.07) is 18.5. The number of benzene rings is 2. The molecular weight excluding hydrogens is 509 g/mol. The summed E-state index contributed by atoms with van der Waals surface area (Å²) in [5.41, 5.74) is 5.40. The Kier molecular flexibility index (Phi) is 8.95. The van der Waals surface area contributed by atoms with Crippen molar-refractivity contribution in [3.63, 3.8) is 0 Å². The van der Waals surface area contributed by atoms with Crippen LogP contribution in [0.1, 0.15) is 27.2 Å². The zero-order valence-corrected chi connectivity index (χ0v) is 22.7. The van der Waals surface area contributed by atoms with E-state index in [9.17, 15) is 14.3 Å². The van der Waals surface area contributed by atoms with E-state index in [1.54, 1.807) is 30.5 Å². The van der Waals surface area contributed by atoms with Gasteiger partial charge >= 0.3 is 0 Å². The molecule has 0 bridgehead atoms. The van der Waals surface area contributed by atoms with Gasteiger partial charge in [0.1, 0.15) is 18.1 Å². The third-order valence-corrected chi connectivity index (χ3v) is 7.13. The summed E-state index contributed by atoms with van der Waals surface area (Å²) in [4.78, 5) is 25.8. The van der Waals surface area contributed by atoms with Crippen LogP contribution in [0, 0.1) is 5.82 Å². The van der Waals surface area contributed by atoms with Crippen molar-refractivity contribution in [2.45, 2.75) is 26.1 Å². The summed E-state index contributed by atoms with van der Waals surface area (Å²) in [7, 11) is 2.08. The first kappa shape index (κ1) is 27.6. The maximum Gasteiger partial charge on any atom is 0.188 e. The number of hydrogen-bond acceptors (Lipinski definition) is 7. The Balaban J connectivity index is 1.34. The molecule has 0 radical (unpaired) electrons. The monoisotopic (exact) mass is 543 g/mol. The molecule has 1 aliphatic rings. The summed E-state index contributed by atoms with van der Waals surface area (Å²) < 4.78 is 21.0. The maximum atomic E-state index is 13.4. The van der Waals surface area contributed by atoms with Gasteiger partial charge in [0.15, 0.2) is 11.6 Å². The van der Waals surface area contributed by atoms with Crippen LogP contribution < -0.4 is 4.90 Å². The number of ether oxygens (including phenoxy) is 1. The van der Waals surface area contributed by atoms with Crippen molar-refractivity contribution in [3.05, 3.63) is 101 Å². The van der Waals surface area contributed by atoms with E-state index in [4.69, 9.17) is 4.74 Å². The van der Waals surface area contributed by atoms with Gasteiger partial charge in [0.25, 0.3) is 0 Å². The molecule has 8 nitrogen and oxygen atoms in total. The van der Waals surface area contributed by atoms with Crippen LogP contribution in [0.15, 0.2) is 73.1 Å². The average molecular weight is 544 g/mol. The van der Waals surface area contributed by atoms with Gasteiger partial charge in [0.05, 0.1) is 25.1 Å². The molecule has 0 atom stereocenters. The molecule has 5 rings (SSSR count). The van der Waals surface area contributed by atoms with Gasteiger partial charge in [-0.15, -0.1) is 0 Å². The first-order valence-electron chi connectivity index (χ1n) is 13.5. The first-order chi connectivity index (χ1) is 19.5. The molecule has 9 heteroatoms. The van der Waals surface area contributed by atoms with Gasteiger partial charge in [-0.05, 0) is 61.0 Å². The summed E-state index contributed by atoms with van der Waals surface area (Å²) in [6.45, 7) is 4.81. The number of aryl methyl sites for hydroxylation is 1. The molecule has 1 aliphatic heterocycles. The van der Waals surface area contributed by atoms with Crippen LogP contribution in [0.4, 0.5) is 10.1 Å². The molecule has 3 heterocycles. The van der Waals surface area contributed by atoms with E-state index in [0.29, 0.717) is 36.6 Å². The highest BCUT2D eigenvalue weighted by atomic mass is 19.1. The summed E-state index contributed by atoms with van der Waals surface area (Å²) in [5.74, 6) is 0.0163. The fourth-order valence-electron chi connectivity index (χ4n) is 4.98. The summed E-state index contributed by atoms with van der Waals surface area (Å²) >= 11 is 0. The summed E-state index contributed by atoms with van der Waals surface area (Å²) in [6.07, 6.45) is 4.09. The number of aliphatic hydroxyl groups excluding tert-OH is 1. The van der Waals surface area contributed by atoms with Gasteiger partial charge in [-0.2, -0.15) is 0 Å². The molecule has 0 amide bonds. The van der Waals surface area contributed by atoms with Crippen molar-refractivity contribution in [1.29, 1.82) is 0 Å². The Bertz CT molecular complexity index is 1420. The SMILES string of the molecule is CN(Cc1ccc(N2CCOCC2)cc1)Cc1cnc(-c2cc(C(=O)CO)ccn2)n1CCc1ccc(F)cc1. The average Bonchev–Trinajstić information content (AvgIpc) is 3.39. The Hall–Kier alpha value is -3.92. The van der Waals surface area contributed by atoms with Crippen LogP contribution >= 0.6 is 0 Å². The number of pyridine rings is 1. The zero-order valence-electron chi connectivity index (χ0n) is 22.7. The highest BCUT2D eigenvalue weighted by Gasteiger charge is 2.17. The number of hydrogen-bond donors (Lipinski definition) is 1. The number of anilines is 1. The number of halogens is 1. The number of Topliss-reactive ketones (excluding diaryl/α,β-unsaturated/α-hetero) is 1. The second-order valence-electron chi connectivity index (χ2n) is 10.1. The zero-order chi connectivity index (χ0) is 27.9. The number of imidazole rings is 1. The van der Waals surface area contributed by atoms with Gasteiger partial charge in [0, 0.05) is 50.2 Å². The predicted octanol–water partition coefficient (Wildman–Crippen LogP) is 3.97. The van der Waals surface area contributed by atoms with Crippen molar-refractivity contribution in [3.8, 4) is 11.5 Å². The van der Waals surface area contributed by atoms with E-state index in [2.05, 4.69) is 55.6 Å². The van der Waals surface area contributed by atoms with Crippen LogP contribution in [-0.4, -0.2) is 70.3 Å². The van der Waals surface area contributed by atoms with Crippen molar-refractivity contribution >= 4 is 11.5 Å². The largest absolute Gasteiger partial charge is 0.388 e. The van der Waals surface area contributed by atoms with Gasteiger partial charge in [-0.3, -0.25) is 14.7 Å². The Morgan fingerprint density at radius 2 is 1.73 bits per heavy atom. The number of aromatic nitrogens is 3. The third-order valence-electron chi connectivity index (χ3n) is 7.13. The quantitative estimate of drug-likeness (QED) is 0.287. The normalized spacial score (nSPS) is 13.7. The van der Waals surface area contributed by atoms with Crippen molar-refractivity contribution in [1.82, 2.24) is 19.4 Å². The molecule has 0 spiro atoms. The minimum absolute atomic E-state index is 0.262. The minimum Gasteiger partial charge on any atom is -0.388 e. The molecule has 0 saturated carbocycles. The van der Waals surface area contributed by atoms with E-state index < -0.39 is 6.61 Å². The van der Waals surface area contributed by atoms with E-state index in [1.165, 1.54) is 23.4 Å². The van der Waals surface area contributed by atoms with Crippen LogP contribution in [-0.2, 0) is 30.8 Å². The second kappa shape index (κ2) is 13.0. The number of aliphatic hydroxyl groups is 1. The topological polar surface area (TPSA) is 83.7 Å². The first-order valence-corrected chi connectivity index (χ1v) is 13.5. The number of carbonyl (C=O) groups is 1. The molecule has 2 aromatic heterocycles. The van der Waals surface area contributed by atoms with Crippen LogP contribution in [0.3, 0.4) is 0 Å². The van der Waals surface area contributed by atoms with E-state index in [1.807, 2.05) is 6.20 Å². The molecule has 1 N–H and O–H groups in total. The number of rotatable bonds is 11. The van der Waals surface area contributed by atoms with Gasteiger partial charge < -0.3 is 19.3 Å². The maximum absolute atomic E-state index is 13.4. The number of carbonyl (C=O) groups excluding carboxylic acids is 1. The lowest BCUT2D eigenvalue weighted by molar-refractivity contribution is 0.0903. The Labute approximate surface area is 233 Å². The van der Waals surface area contributed by atoms with Crippen molar-refractivity contribution in [2.24, 2.45) is 0 Å². The van der Waals surface area contributed by atoms with Gasteiger partial charge in [-0.25, -0.2) is 9.37 Å². The van der Waals surface area contributed by atoms with Crippen molar-refractivity contribution < 1.29 is 19.0 Å². The molecule has 208 valence electrons. The smallest absolute Gasteiger partial charge is 0.188 e. The number of ketones is 1. The Morgan fingerprint density at radius 1 is 1.00 bits per heavy atom. The molecule has 2 aromatic carbocycles.